The molecule has 4 unspecified atom stereocenters. The summed E-state index contributed by atoms with van der Waals surface area (Å²) < 4.78 is 33.0. The molecule has 0 aromatic carbocycles. The van der Waals surface area contributed by atoms with Crippen LogP contribution in [0.4, 0.5) is 0 Å². The highest BCUT2D eigenvalue weighted by molar-refractivity contribution is 7.89. The Morgan fingerprint density at radius 1 is 1.47 bits per heavy atom. The first kappa shape index (κ1) is 13.5. The van der Waals surface area contributed by atoms with Crippen LogP contribution in [0.2, 0.25) is 0 Å². The molecule has 2 heterocycles. The lowest BCUT2D eigenvalue weighted by Gasteiger charge is -2.45. The second kappa shape index (κ2) is 4.53. The smallest absolute Gasteiger partial charge is 0.242 e. The Morgan fingerprint density at radius 2 is 2.21 bits per heavy atom. The molecule has 7 heteroatoms. The minimum absolute atomic E-state index is 0.0511. The lowest BCUT2D eigenvalue weighted by Crippen LogP contribution is -2.68. The Labute approximate surface area is 117 Å². The molecule has 0 amide bonds. The van der Waals surface area contributed by atoms with Gasteiger partial charge < -0.3 is 10.5 Å². The van der Waals surface area contributed by atoms with Gasteiger partial charge in [0.1, 0.15) is 0 Å². The van der Waals surface area contributed by atoms with Crippen LogP contribution in [-0.4, -0.2) is 33.2 Å². The molecule has 1 aromatic heterocycles. The SMILES string of the molecule is Cc1cc(S(=O)(=O)NC2C(N)C3CCOC32)c(C)s1. The van der Waals surface area contributed by atoms with E-state index >= 15 is 0 Å². The maximum Gasteiger partial charge on any atom is 0.242 e. The molecule has 4 atom stereocenters. The average Bonchev–Trinajstić information content (AvgIpc) is 2.90. The lowest BCUT2D eigenvalue weighted by atomic mass is 9.73. The summed E-state index contributed by atoms with van der Waals surface area (Å²) >= 11 is 1.49. The molecular weight excluding hydrogens is 284 g/mol. The highest BCUT2D eigenvalue weighted by atomic mass is 32.2. The minimum atomic E-state index is -3.50. The van der Waals surface area contributed by atoms with Crippen LogP contribution in [-0.2, 0) is 14.8 Å². The van der Waals surface area contributed by atoms with Gasteiger partial charge in [-0.1, -0.05) is 0 Å². The second-order valence-corrected chi connectivity index (χ2v) is 8.43. The summed E-state index contributed by atoms with van der Waals surface area (Å²) in [6, 6.07) is 1.28. The number of thiophene rings is 1. The fourth-order valence-corrected chi connectivity index (χ4v) is 5.85. The molecule has 0 bridgehead atoms. The highest BCUT2D eigenvalue weighted by Gasteiger charge is 2.53. The summed E-state index contributed by atoms with van der Waals surface area (Å²) in [5, 5.41) is 0. The predicted octanol–water partition coefficient (Wildman–Crippen LogP) is 0.758. The van der Waals surface area contributed by atoms with Crippen molar-refractivity contribution in [3.8, 4) is 0 Å². The van der Waals surface area contributed by atoms with Gasteiger partial charge in [0.05, 0.1) is 17.0 Å². The molecule has 1 saturated heterocycles. The zero-order chi connectivity index (χ0) is 13.8. The van der Waals surface area contributed by atoms with Crippen molar-refractivity contribution in [3.05, 3.63) is 15.8 Å². The first-order valence-corrected chi connectivity index (χ1v) is 8.66. The molecule has 5 nitrogen and oxygen atoms in total. The topological polar surface area (TPSA) is 81.4 Å². The monoisotopic (exact) mass is 302 g/mol. The van der Waals surface area contributed by atoms with E-state index in [4.69, 9.17) is 10.5 Å². The summed E-state index contributed by atoms with van der Waals surface area (Å²) in [4.78, 5) is 2.16. The number of nitrogens with one attached hydrogen (secondary N) is 1. The van der Waals surface area contributed by atoms with Crippen molar-refractivity contribution in [2.45, 2.75) is 43.4 Å². The van der Waals surface area contributed by atoms with E-state index in [1.807, 2.05) is 13.8 Å². The van der Waals surface area contributed by atoms with E-state index in [2.05, 4.69) is 4.72 Å². The Kier molecular flexibility index (Phi) is 3.22. The molecule has 1 aliphatic carbocycles. The quantitative estimate of drug-likeness (QED) is 0.863. The van der Waals surface area contributed by atoms with E-state index in [1.54, 1.807) is 6.07 Å². The van der Waals surface area contributed by atoms with Crippen LogP contribution >= 0.6 is 11.3 Å². The van der Waals surface area contributed by atoms with Crippen LogP contribution in [0.1, 0.15) is 16.2 Å². The van der Waals surface area contributed by atoms with Crippen LogP contribution in [0.3, 0.4) is 0 Å². The van der Waals surface area contributed by atoms with Gasteiger partial charge in [-0.05, 0) is 26.3 Å². The zero-order valence-corrected chi connectivity index (χ0v) is 12.6. The van der Waals surface area contributed by atoms with Crippen molar-refractivity contribution in [2.75, 3.05) is 6.61 Å². The van der Waals surface area contributed by atoms with Gasteiger partial charge in [0.2, 0.25) is 10.0 Å². The molecule has 0 spiro atoms. The Hall–Kier alpha value is -0.470. The van der Waals surface area contributed by atoms with Gasteiger partial charge in [0, 0.05) is 28.3 Å². The van der Waals surface area contributed by atoms with E-state index < -0.39 is 10.0 Å². The number of ether oxygens (including phenoxy) is 1. The van der Waals surface area contributed by atoms with E-state index in [-0.39, 0.29) is 18.2 Å². The maximum absolute atomic E-state index is 12.4. The second-order valence-electron chi connectivity index (χ2n) is 5.29. The van der Waals surface area contributed by atoms with Gasteiger partial charge in [-0.3, -0.25) is 0 Å². The number of rotatable bonds is 3. The van der Waals surface area contributed by atoms with Crippen LogP contribution in [0.5, 0.6) is 0 Å². The summed E-state index contributed by atoms with van der Waals surface area (Å²) in [5.41, 5.74) is 6.03. The molecule has 1 aliphatic heterocycles. The van der Waals surface area contributed by atoms with Crippen LogP contribution in [0, 0.1) is 19.8 Å². The first-order valence-electron chi connectivity index (χ1n) is 6.37. The molecule has 1 saturated carbocycles. The molecule has 0 radical (unpaired) electrons. The summed E-state index contributed by atoms with van der Waals surface area (Å²) in [7, 11) is -3.50. The molecule has 3 N–H and O–H groups in total. The Balaban J connectivity index is 1.81. The van der Waals surface area contributed by atoms with Crippen molar-refractivity contribution in [1.29, 1.82) is 0 Å². The van der Waals surface area contributed by atoms with Gasteiger partial charge >= 0.3 is 0 Å². The first-order chi connectivity index (χ1) is 8.90. The van der Waals surface area contributed by atoms with Crippen LogP contribution < -0.4 is 10.5 Å². The standard InChI is InChI=1S/C12H18N2O3S2/c1-6-5-9(7(2)18-6)19(15,16)14-11-10(13)8-3-4-17-12(8)11/h5,8,10-12,14H,3-4,13H2,1-2H3. The van der Waals surface area contributed by atoms with Gasteiger partial charge in [0.25, 0.3) is 0 Å². The summed E-state index contributed by atoms with van der Waals surface area (Å²) in [6.07, 6.45) is 0.880. The third-order valence-electron chi connectivity index (χ3n) is 4.02. The number of fused-ring (bicyclic) bond motifs is 1. The molecular formula is C12H18N2O3S2. The third-order valence-corrected chi connectivity index (χ3v) is 6.70. The average molecular weight is 302 g/mol. The number of sulfonamides is 1. The Bertz CT molecular complexity index is 596. The molecule has 106 valence electrons. The van der Waals surface area contributed by atoms with E-state index in [1.165, 1.54) is 11.3 Å². The van der Waals surface area contributed by atoms with Crippen molar-refractivity contribution in [2.24, 2.45) is 11.7 Å². The fourth-order valence-electron chi connectivity index (χ4n) is 3.01. The van der Waals surface area contributed by atoms with Crippen molar-refractivity contribution >= 4 is 21.4 Å². The van der Waals surface area contributed by atoms with Crippen LogP contribution in [0.25, 0.3) is 0 Å². The summed E-state index contributed by atoms with van der Waals surface area (Å²) in [6.45, 7) is 4.40. The zero-order valence-electron chi connectivity index (χ0n) is 10.9. The normalized spacial score (nSPS) is 34.1. The number of nitrogens with two attached hydrogens (primary N) is 1. The van der Waals surface area contributed by atoms with Crippen molar-refractivity contribution in [1.82, 2.24) is 4.72 Å². The van der Waals surface area contributed by atoms with Crippen LogP contribution in [0.15, 0.2) is 11.0 Å². The molecule has 2 fully saturated rings. The number of aryl methyl sites for hydroxylation is 2. The van der Waals surface area contributed by atoms with Crippen molar-refractivity contribution < 1.29 is 13.2 Å². The van der Waals surface area contributed by atoms with Gasteiger partial charge in [-0.15, -0.1) is 11.3 Å². The van der Waals surface area contributed by atoms with Crippen molar-refractivity contribution in [3.63, 3.8) is 0 Å². The van der Waals surface area contributed by atoms with Gasteiger partial charge in [0.15, 0.2) is 0 Å². The maximum atomic E-state index is 12.4. The fraction of sp³-hybridized carbons (Fsp3) is 0.667. The Morgan fingerprint density at radius 3 is 2.84 bits per heavy atom. The van der Waals surface area contributed by atoms with E-state index in [0.717, 1.165) is 16.2 Å². The largest absolute Gasteiger partial charge is 0.376 e. The lowest BCUT2D eigenvalue weighted by molar-refractivity contribution is -0.00924. The predicted molar refractivity (Wildman–Crippen MR) is 73.7 cm³/mol. The third kappa shape index (κ3) is 2.13. The number of hydrogen-bond donors (Lipinski definition) is 2. The highest BCUT2D eigenvalue weighted by Crippen LogP contribution is 2.38. The molecule has 2 aliphatic rings. The molecule has 19 heavy (non-hydrogen) atoms. The number of hydrogen-bond acceptors (Lipinski definition) is 5. The van der Waals surface area contributed by atoms with E-state index in [9.17, 15) is 8.42 Å². The minimum Gasteiger partial charge on any atom is -0.376 e. The molecule has 1 aromatic rings. The summed E-state index contributed by atoms with van der Waals surface area (Å²) in [5.74, 6) is 0.304. The molecule has 3 rings (SSSR count). The van der Waals surface area contributed by atoms with Gasteiger partial charge in [-0.2, -0.15) is 0 Å². The van der Waals surface area contributed by atoms with E-state index in [0.29, 0.717) is 17.4 Å². The van der Waals surface area contributed by atoms with Gasteiger partial charge in [-0.25, -0.2) is 13.1 Å².